The molecule has 2 aliphatic rings. The molecule has 2 aromatic rings. The van der Waals surface area contributed by atoms with Crippen LogP contribution in [-0.2, 0) is 11.4 Å². The SMILES string of the molecule is O=C(CSc1nnc(COc2ccccc2Cl)n1C1CC1)NC1CC1. The molecule has 8 heteroatoms. The third-order valence-corrected chi connectivity index (χ3v) is 5.37. The Bertz CT molecular complexity index is 774. The van der Waals surface area contributed by atoms with E-state index in [1.54, 1.807) is 6.07 Å². The van der Waals surface area contributed by atoms with Crippen LogP contribution in [0.3, 0.4) is 0 Å². The zero-order valence-electron chi connectivity index (χ0n) is 13.7. The van der Waals surface area contributed by atoms with E-state index in [0.717, 1.165) is 36.7 Å². The summed E-state index contributed by atoms with van der Waals surface area (Å²) in [5.74, 6) is 1.83. The molecule has 4 rings (SSSR count). The fourth-order valence-corrected chi connectivity index (χ4v) is 3.56. The Morgan fingerprint density at radius 3 is 2.80 bits per heavy atom. The highest BCUT2D eigenvalue weighted by atomic mass is 35.5. The van der Waals surface area contributed by atoms with Crippen LogP contribution in [0, 0.1) is 0 Å². The summed E-state index contributed by atoms with van der Waals surface area (Å²) < 4.78 is 7.90. The van der Waals surface area contributed by atoms with Crippen molar-refractivity contribution in [3.8, 4) is 5.75 Å². The Labute approximate surface area is 155 Å². The van der Waals surface area contributed by atoms with Crippen molar-refractivity contribution in [3.63, 3.8) is 0 Å². The van der Waals surface area contributed by atoms with Crippen LogP contribution in [0.5, 0.6) is 5.75 Å². The van der Waals surface area contributed by atoms with Crippen molar-refractivity contribution in [3.05, 3.63) is 35.1 Å². The Balaban J connectivity index is 1.41. The van der Waals surface area contributed by atoms with Gasteiger partial charge in [0.1, 0.15) is 12.4 Å². The number of hydrogen-bond donors (Lipinski definition) is 1. The summed E-state index contributed by atoms with van der Waals surface area (Å²) in [5.41, 5.74) is 0. The van der Waals surface area contributed by atoms with E-state index in [0.29, 0.717) is 35.2 Å². The molecule has 0 radical (unpaired) electrons. The summed E-state index contributed by atoms with van der Waals surface area (Å²) in [6.45, 7) is 0.308. The highest BCUT2D eigenvalue weighted by Gasteiger charge is 2.30. The second kappa shape index (κ2) is 7.25. The Kier molecular flexibility index (Phi) is 4.85. The van der Waals surface area contributed by atoms with Gasteiger partial charge in [-0.1, -0.05) is 35.5 Å². The van der Waals surface area contributed by atoms with Gasteiger partial charge in [0.2, 0.25) is 5.91 Å². The molecule has 1 aromatic carbocycles. The summed E-state index contributed by atoms with van der Waals surface area (Å²) in [7, 11) is 0. The lowest BCUT2D eigenvalue weighted by molar-refractivity contribution is -0.118. The number of nitrogens with zero attached hydrogens (tertiary/aromatic N) is 3. The van der Waals surface area contributed by atoms with E-state index in [1.165, 1.54) is 11.8 Å². The molecule has 1 heterocycles. The van der Waals surface area contributed by atoms with Gasteiger partial charge in [-0.2, -0.15) is 0 Å². The number of ether oxygens (including phenoxy) is 1. The minimum atomic E-state index is 0.0618. The first-order valence-electron chi connectivity index (χ1n) is 8.44. The molecule has 0 aliphatic heterocycles. The molecule has 1 aromatic heterocycles. The van der Waals surface area contributed by atoms with Gasteiger partial charge in [0.25, 0.3) is 0 Å². The van der Waals surface area contributed by atoms with Crippen LogP contribution in [0.25, 0.3) is 0 Å². The topological polar surface area (TPSA) is 69.0 Å². The van der Waals surface area contributed by atoms with E-state index >= 15 is 0 Å². The third kappa shape index (κ3) is 4.27. The van der Waals surface area contributed by atoms with Gasteiger partial charge in [0, 0.05) is 12.1 Å². The lowest BCUT2D eigenvalue weighted by Gasteiger charge is -2.10. The number of carbonyl (C=O) groups excluding carboxylic acids is 1. The number of amides is 1. The third-order valence-electron chi connectivity index (χ3n) is 4.12. The summed E-state index contributed by atoms with van der Waals surface area (Å²) in [4.78, 5) is 11.9. The predicted molar refractivity (Wildman–Crippen MR) is 96.0 cm³/mol. The minimum absolute atomic E-state index is 0.0618. The summed E-state index contributed by atoms with van der Waals surface area (Å²) in [5, 5.41) is 12.9. The van der Waals surface area contributed by atoms with Gasteiger partial charge in [0.15, 0.2) is 11.0 Å². The van der Waals surface area contributed by atoms with Crippen LogP contribution in [0.2, 0.25) is 5.02 Å². The van der Waals surface area contributed by atoms with Crippen LogP contribution < -0.4 is 10.1 Å². The summed E-state index contributed by atoms with van der Waals surface area (Å²) >= 11 is 7.56. The maximum atomic E-state index is 11.9. The molecule has 1 amide bonds. The normalized spacial score (nSPS) is 16.7. The molecule has 132 valence electrons. The fourth-order valence-electron chi connectivity index (χ4n) is 2.53. The van der Waals surface area contributed by atoms with Gasteiger partial charge < -0.3 is 10.1 Å². The molecule has 1 N–H and O–H groups in total. The molecule has 0 bridgehead atoms. The van der Waals surface area contributed by atoms with Crippen molar-refractivity contribution in [1.29, 1.82) is 0 Å². The maximum absolute atomic E-state index is 11.9. The number of carbonyl (C=O) groups is 1. The van der Waals surface area contributed by atoms with Gasteiger partial charge in [-0.25, -0.2) is 0 Å². The standard InChI is InChI=1S/C17H19ClN4O2S/c18-13-3-1-2-4-14(13)24-9-15-20-21-17(22(15)12-7-8-12)25-10-16(23)19-11-5-6-11/h1-4,11-12H,5-10H2,(H,19,23). The largest absolute Gasteiger partial charge is 0.484 e. The molecular weight excluding hydrogens is 360 g/mol. The van der Waals surface area contributed by atoms with Crippen molar-refractivity contribution in [2.75, 3.05) is 5.75 Å². The van der Waals surface area contributed by atoms with E-state index in [9.17, 15) is 4.79 Å². The number of aromatic nitrogens is 3. The second-order valence-corrected chi connectivity index (χ2v) is 7.70. The van der Waals surface area contributed by atoms with E-state index in [4.69, 9.17) is 16.3 Å². The lowest BCUT2D eigenvalue weighted by Crippen LogP contribution is -2.27. The van der Waals surface area contributed by atoms with Crippen molar-refractivity contribution in [2.24, 2.45) is 0 Å². The van der Waals surface area contributed by atoms with E-state index in [2.05, 4.69) is 20.1 Å². The molecule has 2 aliphatic carbocycles. The van der Waals surface area contributed by atoms with Crippen LogP contribution in [0.15, 0.2) is 29.4 Å². The van der Waals surface area contributed by atoms with Gasteiger partial charge in [0.05, 0.1) is 10.8 Å². The monoisotopic (exact) mass is 378 g/mol. The minimum Gasteiger partial charge on any atom is -0.484 e. The van der Waals surface area contributed by atoms with Gasteiger partial charge >= 0.3 is 0 Å². The van der Waals surface area contributed by atoms with Crippen molar-refractivity contribution >= 4 is 29.3 Å². The highest BCUT2D eigenvalue weighted by Crippen LogP contribution is 2.39. The number of thioether (sulfide) groups is 1. The quantitative estimate of drug-likeness (QED) is 0.714. The summed E-state index contributed by atoms with van der Waals surface area (Å²) in [6, 6.07) is 8.17. The maximum Gasteiger partial charge on any atom is 0.230 e. The molecule has 25 heavy (non-hydrogen) atoms. The summed E-state index contributed by atoms with van der Waals surface area (Å²) in [6.07, 6.45) is 4.41. The molecule has 0 saturated heterocycles. The first-order valence-corrected chi connectivity index (χ1v) is 9.80. The number of benzene rings is 1. The molecule has 0 unspecified atom stereocenters. The van der Waals surface area contributed by atoms with Crippen LogP contribution >= 0.6 is 23.4 Å². The molecule has 0 atom stereocenters. The number of nitrogens with one attached hydrogen (secondary N) is 1. The molecular formula is C17H19ClN4O2S. The smallest absolute Gasteiger partial charge is 0.230 e. The highest BCUT2D eigenvalue weighted by molar-refractivity contribution is 7.99. The lowest BCUT2D eigenvalue weighted by atomic mass is 10.3. The van der Waals surface area contributed by atoms with E-state index in [1.807, 2.05) is 18.2 Å². The molecule has 0 spiro atoms. The Morgan fingerprint density at radius 2 is 2.08 bits per heavy atom. The van der Waals surface area contributed by atoms with E-state index < -0.39 is 0 Å². The number of para-hydroxylation sites is 1. The average Bonchev–Trinajstić information content (AvgIpc) is 3.53. The van der Waals surface area contributed by atoms with Gasteiger partial charge in [-0.15, -0.1) is 10.2 Å². The molecule has 2 saturated carbocycles. The number of halogens is 1. The molecule has 2 fully saturated rings. The van der Waals surface area contributed by atoms with Crippen LogP contribution in [0.1, 0.15) is 37.5 Å². The Hall–Kier alpha value is -1.73. The first-order chi connectivity index (χ1) is 12.2. The van der Waals surface area contributed by atoms with Crippen LogP contribution in [-0.4, -0.2) is 32.5 Å². The van der Waals surface area contributed by atoms with Crippen molar-refractivity contribution in [1.82, 2.24) is 20.1 Å². The zero-order valence-corrected chi connectivity index (χ0v) is 15.2. The Morgan fingerprint density at radius 1 is 1.28 bits per heavy atom. The predicted octanol–water partition coefficient (Wildman–Crippen LogP) is 3.22. The fraction of sp³-hybridized carbons (Fsp3) is 0.471. The second-order valence-electron chi connectivity index (χ2n) is 6.35. The van der Waals surface area contributed by atoms with Gasteiger partial charge in [-0.05, 0) is 37.8 Å². The van der Waals surface area contributed by atoms with E-state index in [-0.39, 0.29) is 5.91 Å². The van der Waals surface area contributed by atoms with Gasteiger partial charge in [-0.3, -0.25) is 9.36 Å². The zero-order chi connectivity index (χ0) is 17.2. The molecule has 6 nitrogen and oxygen atoms in total. The number of hydrogen-bond acceptors (Lipinski definition) is 5. The van der Waals surface area contributed by atoms with Crippen molar-refractivity contribution < 1.29 is 9.53 Å². The number of rotatable bonds is 8. The average molecular weight is 379 g/mol. The van der Waals surface area contributed by atoms with Crippen molar-refractivity contribution in [2.45, 2.75) is 49.5 Å². The van der Waals surface area contributed by atoms with Crippen LogP contribution in [0.4, 0.5) is 0 Å². The first kappa shape index (κ1) is 16.7.